The molecule has 0 bridgehead atoms. The molecule has 5 nitrogen and oxygen atoms in total. The minimum absolute atomic E-state index is 0.00533. The van der Waals surface area contributed by atoms with E-state index in [-0.39, 0.29) is 5.92 Å². The van der Waals surface area contributed by atoms with Gasteiger partial charge in [-0.15, -0.1) is 0 Å². The second-order valence-electron chi connectivity index (χ2n) is 12.9. The topological polar surface area (TPSA) is 81.2 Å². The Labute approximate surface area is 289 Å². The Morgan fingerprint density at radius 1 is 0.620 bits per heavy atom. The third-order valence-corrected chi connectivity index (χ3v) is 10.2. The van der Waals surface area contributed by atoms with E-state index >= 15 is 0 Å². The minimum atomic E-state index is 0.00533. The summed E-state index contributed by atoms with van der Waals surface area (Å²) in [6, 6.07) is 41.8. The van der Waals surface area contributed by atoms with Gasteiger partial charge in [0.2, 0.25) is 0 Å². The van der Waals surface area contributed by atoms with Crippen molar-refractivity contribution in [2.75, 3.05) is 0 Å². The summed E-state index contributed by atoms with van der Waals surface area (Å²) >= 11 is 0. The van der Waals surface area contributed by atoms with Gasteiger partial charge in [0.15, 0.2) is 0 Å². The van der Waals surface area contributed by atoms with E-state index in [0.29, 0.717) is 16.7 Å². The van der Waals surface area contributed by atoms with Crippen molar-refractivity contribution in [3.8, 4) is 29.6 Å². The third kappa shape index (κ3) is 4.51. The highest BCUT2D eigenvalue weighted by Crippen LogP contribution is 2.40. The van der Waals surface area contributed by atoms with Crippen LogP contribution in [0.2, 0.25) is 0 Å². The maximum Gasteiger partial charge on any atom is 0.0998 e. The molecule has 0 aliphatic heterocycles. The third-order valence-electron chi connectivity index (χ3n) is 10.2. The zero-order chi connectivity index (χ0) is 33.8. The Bertz CT molecular complexity index is 2780. The molecule has 234 valence electrons. The smallest absolute Gasteiger partial charge is 0.0998 e. The Balaban J connectivity index is 1.18. The molecule has 5 heteroatoms. The first-order valence-corrected chi connectivity index (χ1v) is 16.9. The number of rotatable bonds is 4. The Morgan fingerprint density at radius 3 is 2.18 bits per heavy atom. The first kappa shape index (κ1) is 29.3. The molecular weight excluding hydrogens is 611 g/mol. The number of para-hydroxylation sites is 2. The predicted octanol–water partition coefficient (Wildman–Crippen LogP) is 10.4. The van der Waals surface area contributed by atoms with Crippen LogP contribution < -0.4 is 0 Å². The van der Waals surface area contributed by atoms with Crippen molar-refractivity contribution in [1.82, 2.24) is 9.13 Å². The monoisotopic (exact) mass is 639 g/mol. The maximum absolute atomic E-state index is 10.5. The molecule has 7 aromatic rings. The fourth-order valence-electron chi connectivity index (χ4n) is 7.98. The molecule has 9 rings (SSSR count). The Kier molecular flexibility index (Phi) is 6.84. The molecule has 0 spiro atoms. The van der Waals surface area contributed by atoms with Crippen LogP contribution >= 0.6 is 0 Å². The molecule has 0 fully saturated rings. The average Bonchev–Trinajstić information content (AvgIpc) is 3.70. The molecule has 2 aromatic heterocycles. The lowest BCUT2D eigenvalue weighted by Crippen LogP contribution is -2.07. The van der Waals surface area contributed by atoms with E-state index < -0.39 is 0 Å². The quantitative estimate of drug-likeness (QED) is 0.192. The van der Waals surface area contributed by atoms with Gasteiger partial charge in [-0.25, -0.2) is 0 Å². The molecule has 0 saturated heterocycles. The van der Waals surface area contributed by atoms with Crippen LogP contribution in [0.5, 0.6) is 0 Å². The molecule has 0 amide bonds. The van der Waals surface area contributed by atoms with Crippen LogP contribution in [0.25, 0.3) is 55.7 Å². The fourth-order valence-corrected chi connectivity index (χ4v) is 7.98. The van der Waals surface area contributed by atoms with Crippen molar-refractivity contribution < 1.29 is 0 Å². The van der Waals surface area contributed by atoms with Crippen molar-refractivity contribution >= 4 is 44.4 Å². The van der Waals surface area contributed by atoms with Crippen LogP contribution in [0.15, 0.2) is 127 Å². The summed E-state index contributed by atoms with van der Waals surface area (Å²) in [5, 5.41) is 33.4. The van der Waals surface area contributed by atoms with Crippen LogP contribution in [0.1, 0.15) is 57.8 Å². The summed E-state index contributed by atoms with van der Waals surface area (Å²) in [6.07, 6.45) is 13.8. The molecule has 0 radical (unpaired) electrons. The summed E-state index contributed by atoms with van der Waals surface area (Å²) in [6.45, 7) is 0. The molecule has 2 aliphatic rings. The van der Waals surface area contributed by atoms with E-state index in [2.05, 4.69) is 112 Å². The normalized spacial score (nSPS) is 15.1. The molecule has 1 unspecified atom stereocenters. The number of benzene rings is 5. The van der Waals surface area contributed by atoms with Gasteiger partial charge in [0, 0.05) is 39.0 Å². The first-order valence-electron chi connectivity index (χ1n) is 16.9. The molecule has 0 saturated carbocycles. The Morgan fingerprint density at radius 2 is 1.36 bits per heavy atom. The number of aromatic nitrogens is 2. The van der Waals surface area contributed by atoms with Crippen molar-refractivity contribution in [2.24, 2.45) is 0 Å². The number of nitriles is 3. The summed E-state index contributed by atoms with van der Waals surface area (Å²) in [5.74, 6) is 0.00533. The Hall–Kier alpha value is -6.87. The van der Waals surface area contributed by atoms with Gasteiger partial charge in [0.1, 0.15) is 0 Å². The number of fused-ring (bicyclic) bond motifs is 6. The highest BCUT2D eigenvalue weighted by Gasteiger charge is 2.23. The van der Waals surface area contributed by atoms with Crippen LogP contribution in [-0.2, 0) is 6.42 Å². The number of allylic oxidation sites excluding steroid dienone is 5. The highest BCUT2D eigenvalue weighted by molar-refractivity contribution is 6.09. The number of nitrogens with zero attached hydrogens (tertiary/aromatic N) is 5. The molecule has 0 N–H and O–H groups in total. The lowest BCUT2D eigenvalue weighted by molar-refractivity contribution is 0.846. The summed E-state index contributed by atoms with van der Waals surface area (Å²) in [7, 11) is 0. The van der Waals surface area contributed by atoms with Crippen molar-refractivity contribution in [3.05, 3.63) is 167 Å². The van der Waals surface area contributed by atoms with Gasteiger partial charge in [-0.3, -0.25) is 0 Å². The summed E-state index contributed by atoms with van der Waals surface area (Å²) < 4.78 is 4.54. The van der Waals surface area contributed by atoms with E-state index in [1.807, 2.05) is 48.5 Å². The van der Waals surface area contributed by atoms with E-state index in [1.165, 1.54) is 16.6 Å². The van der Waals surface area contributed by atoms with Gasteiger partial charge in [-0.1, -0.05) is 78.9 Å². The first-order chi connectivity index (χ1) is 24.7. The van der Waals surface area contributed by atoms with Gasteiger partial charge in [0.25, 0.3) is 0 Å². The van der Waals surface area contributed by atoms with Crippen LogP contribution in [0.4, 0.5) is 0 Å². The minimum Gasteiger partial charge on any atom is -0.313 e. The van der Waals surface area contributed by atoms with Crippen molar-refractivity contribution in [1.29, 1.82) is 15.8 Å². The summed E-state index contributed by atoms with van der Waals surface area (Å²) in [5.41, 5.74) is 12.4. The number of hydrogen-bond donors (Lipinski definition) is 0. The summed E-state index contributed by atoms with van der Waals surface area (Å²) in [4.78, 5) is 0. The van der Waals surface area contributed by atoms with Crippen LogP contribution in [0, 0.1) is 34.0 Å². The van der Waals surface area contributed by atoms with Gasteiger partial charge in [0.05, 0.1) is 57.1 Å². The molecule has 2 heterocycles. The molecule has 2 aliphatic carbocycles. The zero-order valence-electron chi connectivity index (χ0n) is 27.1. The average molecular weight is 640 g/mol. The van der Waals surface area contributed by atoms with E-state index in [1.54, 1.807) is 0 Å². The van der Waals surface area contributed by atoms with Gasteiger partial charge in [-0.2, -0.15) is 15.8 Å². The second kappa shape index (κ2) is 11.7. The fraction of sp³-hybridized carbons (Fsp3) is 0.0889. The molecule has 1 atom stereocenters. The second-order valence-corrected chi connectivity index (χ2v) is 12.9. The standard InChI is InChI=1S/C45H29N5/c46-26-29-17-21-44-40(22-29)39-12-3-6-15-43(39)50(44)45-23-30(27-47)16-19-36(45)32-9-7-8-31(24-32)35-20-18-34(25-33(35)28-48)49-41-13-4-1-10-37(41)38-11-2-5-14-42(38)49/h1-4,6-8,10-13,15-25,32H,5,9,14H2. The van der Waals surface area contributed by atoms with Crippen molar-refractivity contribution in [2.45, 2.75) is 25.2 Å². The van der Waals surface area contributed by atoms with E-state index in [4.69, 9.17) is 0 Å². The molecular formula is C45H29N5. The van der Waals surface area contributed by atoms with Gasteiger partial charge in [-0.05, 0) is 90.6 Å². The van der Waals surface area contributed by atoms with E-state index in [0.717, 1.165) is 74.7 Å². The lowest BCUT2D eigenvalue weighted by atomic mass is 9.85. The molecule has 5 aromatic carbocycles. The predicted molar refractivity (Wildman–Crippen MR) is 200 cm³/mol. The largest absolute Gasteiger partial charge is 0.313 e. The maximum atomic E-state index is 10.5. The number of hydrogen-bond acceptors (Lipinski definition) is 3. The van der Waals surface area contributed by atoms with Crippen LogP contribution in [-0.4, -0.2) is 9.13 Å². The molecule has 50 heavy (non-hydrogen) atoms. The highest BCUT2D eigenvalue weighted by atomic mass is 15.0. The van der Waals surface area contributed by atoms with Crippen LogP contribution in [0.3, 0.4) is 0 Å². The van der Waals surface area contributed by atoms with Crippen molar-refractivity contribution in [3.63, 3.8) is 0 Å². The van der Waals surface area contributed by atoms with Gasteiger partial charge < -0.3 is 9.13 Å². The SMILES string of the molecule is N#Cc1ccc(C2C=C(c3ccc(-n4c5c(c6ccccc64)C=CCC5)cc3C#N)C=CC2)c(-n2c3ccccc3c3cc(C#N)ccc32)c1. The van der Waals surface area contributed by atoms with E-state index in [9.17, 15) is 15.8 Å². The van der Waals surface area contributed by atoms with Gasteiger partial charge >= 0.3 is 0 Å². The lowest BCUT2D eigenvalue weighted by Gasteiger charge is -2.23. The zero-order valence-corrected chi connectivity index (χ0v) is 27.1.